The first-order valence-corrected chi connectivity index (χ1v) is 10.6. The van der Waals surface area contributed by atoms with Crippen LogP contribution in [-0.4, -0.2) is 13.9 Å². The van der Waals surface area contributed by atoms with Gasteiger partial charge in [-0.25, -0.2) is 0 Å². The molecule has 0 N–H and O–H groups in total. The van der Waals surface area contributed by atoms with Crippen molar-refractivity contribution < 1.29 is 4.43 Å². The van der Waals surface area contributed by atoms with E-state index < -0.39 is 8.32 Å². The van der Waals surface area contributed by atoms with E-state index in [1.165, 1.54) is 35.7 Å². The van der Waals surface area contributed by atoms with Crippen LogP contribution in [0, 0.1) is 12.3 Å². The Bertz CT molecular complexity index is 415. The number of hydrogen-bond donors (Lipinski definition) is 0. The Labute approximate surface area is 126 Å². The molecule has 2 heteroatoms. The molecule has 0 bridgehead atoms. The summed E-state index contributed by atoms with van der Waals surface area (Å²) < 4.78 is 6.83. The molecule has 0 amide bonds. The molecule has 0 saturated heterocycles. The molecule has 0 heterocycles. The summed E-state index contributed by atoms with van der Waals surface area (Å²) in [6.07, 6.45) is 13.3. The van der Waals surface area contributed by atoms with Gasteiger partial charge in [0, 0.05) is 5.57 Å². The van der Waals surface area contributed by atoms with Crippen LogP contribution in [0.15, 0.2) is 23.3 Å². The van der Waals surface area contributed by atoms with Gasteiger partial charge in [0.15, 0.2) is 8.32 Å². The number of terminal acetylenes is 1. The Kier molecular flexibility index (Phi) is 6.29. The third kappa shape index (κ3) is 3.45. The van der Waals surface area contributed by atoms with E-state index in [-0.39, 0.29) is 5.60 Å². The maximum atomic E-state index is 6.83. The molecule has 0 aromatic rings. The highest BCUT2D eigenvalue weighted by molar-refractivity contribution is 6.73. The second kappa shape index (κ2) is 7.29. The molecule has 0 radical (unpaired) electrons. The van der Waals surface area contributed by atoms with Crippen LogP contribution >= 0.6 is 0 Å². The van der Waals surface area contributed by atoms with Crippen molar-refractivity contribution in [3.05, 3.63) is 23.3 Å². The first-order valence-electron chi connectivity index (χ1n) is 8.04. The van der Waals surface area contributed by atoms with Crippen LogP contribution in [0.5, 0.6) is 0 Å². The lowest BCUT2D eigenvalue weighted by atomic mass is 9.92. The minimum Gasteiger partial charge on any atom is -0.405 e. The summed E-state index contributed by atoms with van der Waals surface area (Å²) in [5.41, 5.74) is 2.24. The number of rotatable bonds is 7. The molecule has 1 aliphatic rings. The van der Waals surface area contributed by atoms with E-state index in [0.717, 1.165) is 12.8 Å². The van der Waals surface area contributed by atoms with Crippen LogP contribution in [0.4, 0.5) is 0 Å². The molecular weight excluding hydrogens is 260 g/mol. The Balaban J connectivity index is 3.20. The van der Waals surface area contributed by atoms with Gasteiger partial charge in [-0.05, 0) is 56.8 Å². The molecule has 20 heavy (non-hydrogen) atoms. The third-order valence-electron chi connectivity index (χ3n) is 4.84. The van der Waals surface area contributed by atoms with Gasteiger partial charge in [-0.2, -0.15) is 0 Å². The first-order chi connectivity index (χ1) is 9.50. The molecule has 1 rings (SSSR count). The zero-order valence-electron chi connectivity index (χ0n) is 13.9. The first kappa shape index (κ1) is 17.3. The van der Waals surface area contributed by atoms with Gasteiger partial charge in [0.25, 0.3) is 0 Å². The van der Waals surface area contributed by atoms with Crippen molar-refractivity contribution in [1.82, 2.24) is 0 Å². The lowest BCUT2D eigenvalue weighted by molar-refractivity contribution is 0.160. The summed E-state index contributed by atoms with van der Waals surface area (Å²) in [7, 11) is -1.65. The predicted molar refractivity (Wildman–Crippen MR) is 91.2 cm³/mol. The summed E-state index contributed by atoms with van der Waals surface area (Å²) in [6.45, 7) is 11.1. The highest BCUT2D eigenvalue weighted by Gasteiger charge is 2.40. The quantitative estimate of drug-likeness (QED) is 0.344. The van der Waals surface area contributed by atoms with E-state index in [1.54, 1.807) is 0 Å². The second-order valence-corrected chi connectivity index (χ2v) is 10.6. The zero-order valence-corrected chi connectivity index (χ0v) is 14.9. The summed E-state index contributed by atoms with van der Waals surface area (Å²) in [6, 6.07) is 3.52. The van der Waals surface area contributed by atoms with Crippen molar-refractivity contribution in [1.29, 1.82) is 0 Å². The average molecular weight is 291 g/mol. The molecule has 1 aliphatic carbocycles. The van der Waals surface area contributed by atoms with Crippen molar-refractivity contribution in [2.45, 2.75) is 77.6 Å². The largest absolute Gasteiger partial charge is 0.405 e. The van der Waals surface area contributed by atoms with Gasteiger partial charge in [0.2, 0.25) is 0 Å². The van der Waals surface area contributed by atoms with Gasteiger partial charge in [0.05, 0.1) is 5.60 Å². The molecule has 0 aliphatic heterocycles. The number of allylic oxidation sites excluding steroid dienone is 2. The maximum absolute atomic E-state index is 6.83. The van der Waals surface area contributed by atoms with Crippen molar-refractivity contribution in [3.8, 4) is 12.3 Å². The monoisotopic (exact) mass is 290 g/mol. The van der Waals surface area contributed by atoms with Gasteiger partial charge in [-0.1, -0.05) is 38.8 Å². The fourth-order valence-corrected chi connectivity index (χ4v) is 6.41. The van der Waals surface area contributed by atoms with Crippen LogP contribution in [0.3, 0.4) is 0 Å². The highest BCUT2D eigenvalue weighted by atomic mass is 28.4. The molecule has 0 fully saturated rings. The summed E-state index contributed by atoms with van der Waals surface area (Å²) in [5.74, 6) is 2.90. The van der Waals surface area contributed by atoms with Crippen molar-refractivity contribution in [2.24, 2.45) is 0 Å². The van der Waals surface area contributed by atoms with Crippen molar-refractivity contribution in [3.63, 3.8) is 0 Å². The van der Waals surface area contributed by atoms with E-state index in [2.05, 4.69) is 52.7 Å². The highest BCUT2D eigenvalue weighted by Crippen LogP contribution is 2.40. The smallest absolute Gasteiger partial charge is 0.193 e. The zero-order chi connectivity index (χ0) is 15.2. The summed E-state index contributed by atoms with van der Waals surface area (Å²) >= 11 is 0. The summed E-state index contributed by atoms with van der Waals surface area (Å²) in [4.78, 5) is 0. The van der Waals surface area contributed by atoms with Crippen molar-refractivity contribution in [2.75, 3.05) is 0 Å². The van der Waals surface area contributed by atoms with Crippen LogP contribution in [0.1, 0.15) is 53.9 Å². The molecule has 0 aromatic carbocycles. The van der Waals surface area contributed by atoms with Crippen LogP contribution < -0.4 is 0 Å². The van der Waals surface area contributed by atoms with E-state index in [1.807, 2.05) is 0 Å². The Morgan fingerprint density at radius 1 is 1.25 bits per heavy atom. The maximum Gasteiger partial charge on any atom is 0.193 e. The van der Waals surface area contributed by atoms with Crippen LogP contribution in [0.25, 0.3) is 0 Å². The number of hydrogen-bond acceptors (Lipinski definition) is 1. The van der Waals surface area contributed by atoms with Gasteiger partial charge < -0.3 is 4.43 Å². The van der Waals surface area contributed by atoms with Gasteiger partial charge in [-0.3, -0.25) is 0 Å². The average Bonchev–Trinajstić information content (AvgIpc) is 2.94. The topological polar surface area (TPSA) is 9.23 Å². The fourth-order valence-electron chi connectivity index (χ4n) is 3.38. The molecular formula is C18H30OSi. The Morgan fingerprint density at radius 3 is 2.30 bits per heavy atom. The predicted octanol–water partition coefficient (Wildman–Crippen LogP) is 5.46. The SMILES string of the molecule is C#CC1=C(C(C)(/C=C/C)O[Si](CC)(CC)CC)CCC1. The second-order valence-electron chi connectivity index (χ2n) is 5.91. The lowest BCUT2D eigenvalue weighted by Crippen LogP contribution is -2.46. The van der Waals surface area contributed by atoms with Gasteiger partial charge in [0.1, 0.15) is 0 Å². The molecule has 0 aromatic heterocycles. The van der Waals surface area contributed by atoms with E-state index in [4.69, 9.17) is 10.8 Å². The molecule has 0 spiro atoms. The van der Waals surface area contributed by atoms with E-state index in [9.17, 15) is 0 Å². The lowest BCUT2D eigenvalue weighted by Gasteiger charge is -2.40. The summed E-state index contributed by atoms with van der Waals surface area (Å²) in [5, 5.41) is 0. The Hall–Kier alpha value is -0.783. The molecule has 1 atom stereocenters. The molecule has 112 valence electrons. The molecule has 1 nitrogen and oxygen atoms in total. The minimum atomic E-state index is -1.65. The van der Waals surface area contributed by atoms with Crippen LogP contribution in [0.2, 0.25) is 18.1 Å². The third-order valence-corrected chi connectivity index (χ3v) is 9.56. The standard InChI is InChI=1S/C18H30OSi/c1-7-15-18(6,17-14-12-13-16(17)8-2)19-20(9-3,10-4)11-5/h2,7,15H,9-14H2,1,3-6H3/b15-7+. The van der Waals surface area contributed by atoms with Crippen molar-refractivity contribution >= 4 is 8.32 Å². The van der Waals surface area contributed by atoms with Gasteiger partial charge in [-0.15, -0.1) is 6.42 Å². The van der Waals surface area contributed by atoms with E-state index in [0.29, 0.717) is 0 Å². The van der Waals surface area contributed by atoms with E-state index >= 15 is 0 Å². The van der Waals surface area contributed by atoms with Crippen LogP contribution in [-0.2, 0) is 4.43 Å². The normalized spacial score (nSPS) is 19.4. The molecule has 0 saturated carbocycles. The fraction of sp³-hybridized carbons (Fsp3) is 0.667. The van der Waals surface area contributed by atoms with Gasteiger partial charge >= 0.3 is 0 Å². The molecule has 1 unspecified atom stereocenters. The Morgan fingerprint density at radius 2 is 1.85 bits per heavy atom. The minimum absolute atomic E-state index is 0.290.